The van der Waals surface area contributed by atoms with Crippen molar-refractivity contribution in [2.45, 2.75) is 52.0 Å². The highest BCUT2D eigenvalue weighted by molar-refractivity contribution is 5.96. The van der Waals surface area contributed by atoms with E-state index < -0.39 is 11.9 Å². The second kappa shape index (κ2) is 7.89. The van der Waals surface area contributed by atoms with Crippen molar-refractivity contribution in [2.75, 3.05) is 13.1 Å². The number of hydrogen-bond donors (Lipinski definition) is 2. The monoisotopic (exact) mass is 360 g/mol. The molecular weight excluding hydrogens is 332 g/mol. The van der Waals surface area contributed by atoms with Gasteiger partial charge in [0, 0.05) is 18.2 Å². The van der Waals surface area contributed by atoms with Gasteiger partial charge in [-0.05, 0) is 36.0 Å². The largest absolute Gasteiger partial charge is 0.481 e. The Balaban J connectivity index is 1.92. The molecule has 1 fully saturated rings. The van der Waals surface area contributed by atoms with E-state index in [1.807, 2.05) is 12.1 Å². The number of carboxylic acid groups (broad SMARTS) is 1. The number of benzene rings is 1. The number of nitrogens with one attached hydrogen (secondary N) is 1. The first-order valence-electron chi connectivity index (χ1n) is 9.00. The lowest BCUT2D eigenvalue weighted by Gasteiger charge is -2.24. The Morgan fingerprint density at radius 1 is 1.19 bits per heavy atom. The van der Waals surface area contributed by atoms with Crippen LogP contribution < -0.4 is 5.32 Å². The van der Waals surface area contributed by atoms with Crippen LogP contribution in [-0.4, -0.2) is 46.9 Å². The fraction of sp³-hybridized carbons (Fsp3) is 0.550. The van der Waals surface area contributed by atoms with E-state index in [0.717, 1.165) is 18.4 Å². The Morgan fingerprint density at radius 2 is 1.77 bits per heavy atom. The standard InChI is InChI=1S/C20H28N2O4/c1-13(19(25)26)12-22(16-9-10-16)17(23)11-21-18(24)14-5-7-15(8-6-14)20(2,3)4/h5-8,13,16H,9-12H2,1-4H3,(H,21,24)(H,25,26). The summed E-state index contributed by atoms with van der Waals surface area (Å²) < 4.78 is 0. The lowest BCUT2D eigenvalue weighted by Crippen LogP contribution is -2.44. The molecule has 1 unspecified atom stereocenters. The van der Waals surface area contributed by atoms with Crippen LogP contribution in [0.25, 0.3) is 0 Å². The summed E-state index contributed by atoms with van der Waals surface area (Å²) in [5.74, 6) is -2.09. The smallest absolute Gasteiger partial charge is 0.308 e. The van der Waals surface area contributed by atoms with Gasteiger partial charge >= 0.3 is 5.97 Å². The zero-order chi connectivity index (χ0) is 19.5. The van der Waals surface area contributed by atoms with E-state index >= 15 is 0 Å². The first kappa shape index (κ1) is 19.9. The minimum atomic E-state index is -0.925. The number of carbonyl (C=O) groups excluding carboxylic acids is 2. The average molecular weight is 360 g/mol. The lowest BCUT2D eigenvalue weighted by molar-refractivity contribution is -0.143. The molecule has 0 bridgehead atoms. The Labute approximate surface area is 154 Å². The fourth-order valence-corrected chi connectivity index (χ4v) is 2.69. The van der Waals surface area contributed by atoms with Crippen LogP contribution in [0.15, 0.2) is 24.3 Å². The summed E-state index contributed by atoms with van der Waals surface area (Å²) in [7, 11) is 0. The molecule has 1 aliphatic rings. The van der Waals surface area contributed by atoms with Gasteiger partial charge in [0.25, 0.3) is 5.91 Å². The molecule has 1 aromatic rings. The van der Waals surface area contributed by atoms with Gasteiger partial charge in [0.05, 0.1) is 12.5 Å². The summed E-state index contributed by atoms with van der Waals surface area (Å²) in [5, 5.41) is 11.7. The molecule has 142 valence electrons. The van der Waals surface area contributed by atoms with Crippen molar-refractivity contribution in [3.05, 3.63) is 35.4 Å². The van der Waals surface area contributed by atoms with E-state index in [1.54, 1.807) is 24.0 Å². The van der Waals surface area contributed by atoms with Crippen molar-refractivity contribution in [3.63, 3.8) is 0 Å². The summed E-state index contributed by atoms with van der Waals surface area (Å²) in [6.45, 7) is 7.94. The number of aliphatic carboxylic acids is 1. The number of hydrogen-bond acceptors (Lipinski definition) is 3. The minimum Gasteiger partial charge on any atom is -0.481 e. The first-order valence-corrected chi connectivity index (χ1v) is 9.00. The van der Waals surface area contributed by atoms with Crippen LogP contribution in [0.5, 0.6) is 0 Å². The number of rotatable bonds is 7. The van der Waals surface area contributed by atoms with Crippen LogP contribution in [0, 0.1) is 5.92 Å². The van der Waals surface area contributed by atoms with Crippen molar-refractivity contribution >= 4 is 17.8 Å². The second-order valence-corrected chi connectivity index (χ2v) is 8.03. The predicted molar refractivity (Wildman–Crippen MR) is 99.0 cm³/mol. The van der Waals surface area contributed by atoms with Gasteiger partial charge in [-0.15, -0.1) is 0 Å². The molecule has 6 nitrogen and oxygen atoms in total. The first-order chi connectivity index (χ1) is 12.1. The number of amides is 2. The maximum atomic E-state index is 12.4. The molecule has 0 saturated heterocycles. The van der Waals surface area contributed by atoms with Crippen molar-refractivity contribution in [3.8, 4) is 0 Å². The van der Waals surface area contributed by atoms with Crippen molar-refractivity contribution in [2.24, 2.45) is 5.92 Å². The molecule has 0 aromatic heterocycles. The van der Waals surface area contributed by atoms with Gasteiger partial charge in [-0.25, -0.2) is 0 Å². The molecule has 0 radical (unpaired) electrons. The van der Waals surface area contributed by atoms with Gasteiger partial charge in [-0.3, -0.25) is 14.4 Å². The molecule has 0 aliphatic heterocycles. The van der Waals surface area contributed by atoms with Crippen LogP contribution in [0.1, 0.15) is 56.5 Å². The van der Waals surface area contributed by atoms with E-state index in [1.165, 1.54) is 0 Å². The lowest BCUT2D eigenvalue weighted by atomic mass is 9.87. The topological polar surface area (TPSA) is 86.7 Å². The maximum Gasteiger partial charge on any atom is 0.308 e. The zero-order valence-electron chi connectivity index (χ0n) is 15.9. The molecule has 2 rings (SSSR count). The Bertz CT molecular complexity index is 672. The second-order valence-electron chi connectivity index (χ2n) is 8.03. The molecule has 26 heavy (non-hydrogen) atoms. The molecule has 1 atom stereocenters. The molecule has 6 heteroatoms. The molecule has 1 aliphatic carbocycles. The SMILES string of the molecule is CC(CN(C(=O)CNC(=O)c1ccc(C(C)(C)C)cc1)C1CC1)C(=O)O. The van der Waals surface area contributed by atoms with Gasteiger partial charge in [-0.2, -0.15) is 0 Å². The van der Waals surface area contributed by atoms with E-state index in [2.05, 4.69) is 26.1 Å². The summed E-state index contributed by atoms with van der Waals surface area (Å²) in [6, 6.07) is 7.45. The van der Waals surface area contributed by atoms with Crippen LogP contribution in [-0.2, 0) is 15.0 Å². The quantitative estimate of drug-likeness (QED) is 0.782. The van der Waals surface area contributed by atoms with Gasteiger partial charge < -0.3 is 15.3 Å². The Hall–Kier alpha value is -2.37. The molecule has 1 aromatic carbocycles. The number of carboxylic acids is 1. The molecule has 0 spiro atoms. The van der Waals surface area contributed by atoms with Crippen LogP contribution in [0.2, 0.25) is 0 Å². The van der Waals surface area contributed by atoms with Crippen molar-refractivity contribution in [1.82, 2.24) is 10.2 Å². The molecular formula is C20H28N2O4. The minimum absolute atomic E-state index is 0.0105. The van der Waals surface area contributed by atoms with E-state index in [-0.39, 0.29) is 36.4 Å². The zero-order valence-corrected chi connectivity index (χ0v) is 15.9. The Kier molecular flexibility index (Phi) is 6.05. The predicted octanol–water partition coefficient (Wildman–Crippen LogP) is 2.43. The van der Waals surface area contributed by atoms with E-state index in [0.29, 0.717) is 5.56 Å². The summed E-state index contributed by atoms with van der Waals surface area (Å²) >= 11 is 0. The highest BCUT2D eigenvalue weighted by Gasteiger charge is 2.34. The summed E-state index contributed by atoms with van der Waals surface area (Å²) in [6.07, 6.45) is 1.78. The summed E-state index contributed by atoms with van der Waals surface area (Å²) in [5.41, 5.74) is 1.65. The van der Waals surface area contributed by atoms with E-state index in [4.69, 9.17) is 5.11 Å². The fourth-order valence-electron chi connectivity index (χ4n) is 2.69. The average Bonchev–Trinajstić information content (AvgIpc) is 3.41. The van der Waals surface area contributed by atoms with Crippen LogP contribution in [0.4, 0.5) is 0 Å². The van der Waals surface area contributed by atoms with Gasteiger partial charge in [-0.1, -0.05) is 39.8 Å². The number of carbonyl (C=O) groups is 3. The maximum absolute atomic E-state index is 12.4. The highest BCUT2D eigenvalue weighted by Crippen LogP contribution is 2.27. The molecule has 1 saturated carbocycles. The molecule has 2 N–H and O–H groups in total. The molecule has 0 heterocycles. The van der Waals surface area contributed by atoms with E-state index in [9.17, 15) is 14.4 Å². The highest BCUT2D eigenvalue weighted by atomic mass is 16.4. The van der Waals surface area contributed by atoms with Crippen molar-refractivity contribution < 1.29 is 19.5 Å². The third-order valence-electron chi connectivity index (χ3n) is 4.61. The Morgan fingerprint density at radius 3 is 2.23 bits per heavy atom. The van der Waals surface area contributed by atoms with Gasteiger partial charge in [0.15, 0.2) is 0 Å². The third-order valence-corrected chi connectivity index (χ3v) is 4.61. The van der Waals surface area contributed by atoms with Crippen LogP contribution in [0.3, 0.4) is 0 Å². The summed E-state index contributed by atoms with van der Waals surface area (Å²) in [4.78, 5) is 37.3. The number of nitrogens with zero attached hydrogens (tertiary/aromatic N) is 1. The molecule has 2 amide bonds. The third kappa shape index (κ3) is 5.31. The van der Waals surface area contributed by atoms with Gasteiger partial charge in [0.2, 0.25) is 5.91 Å². The normalized spacial score (nSPS) is 15.2. The van der Waals surface area contributed by atoms with Gasteiger partial charge in [0.1, 0.15) is 0 Å². The van der Waals surface area contributed by atoms with Crippen LogP contribution >= 0.6 is 0 Å². The van der Waals surface area contributed by atoms with Crippen molar-refractivity contribution in [1.29, 1.82) is 0 Å².